The first-order chi connectivity index (χ1) is 7.63. The molecule has 2 aromatic rings. The second-order valence-corrected chi connectivity index (χ2v) is 3.61. The Kier molecular flexibility index (Phi) is 2.56. The van der Waals surface area contributed by atoms with Crippen molar-refractivity contribution in [3.8, 4) is 0 Å². The van der Waals surface area contributed by atoms with E-state index in [1.54, 1.807) is 32.0 Å². The van der Waals surface area contributed by atoms with Gasteiger partial charge in [-0.1, -0.05) is 11.2 Å². The van der Waals surface area contributed by atoms with Crippen LogP contribution in [0, 0.1) is 12.7 Å². The van der Waals surface area contributed by atoms with Crippen LogP contribution in [0.2, 0.25) is 0 Å². The van der Waals surface area contributed by atoms with Gasteiger partial charge in [-0.3, -0.25) is 4.98 Å². The second kappa shape index (κ2) is 3.89. The molecule has 4 heteroatoms. The molecule has 1 N–H and O–H groups in total. The van der Waals surface area contributed by atoms with Crippen LogP contribution in [0.3, 0.4) is 0 Å². The molecule has 0 amide bonds. The van der Waals surface area contributed by atoms with E-state index in [4.69, 9.17) is 5.21 Å². The molecule has 0 saturated heterocycles. The van der Waals surface area contributed by atoms with Gasteiger partial charge in [-0.15, -0.1) is 0 Å². The molecule has 0 aliphatic rings. The van der Waals surface area contributed by atoms with Crippen LogP contribution in [0.5, 0.6) is 0 Å². The van der Waals surface area contributed by atoms with Crippen LogP contribution in [0.1, 0.15) is 18.2 Å². The summed E-state index contributed by atoms with van der Waals surface area (Å²) < 4.78 is 13.5. The van der Waals surface area contributed by atoms with E-state index in [0.29, 0.717) is 27.9 Å². The lowest BCUT2D eigenvalue weighted by molar-refractivity contribution is 0.319. The highest BCUT2D eigenvalue weighted by atomic mass is 19.1. The smallest absolute Gasteiger partial charge is 0.132 e. The highest BCUT2D eigenvalue weighted by molar-refractivity contribution is 6.01. The van der Waals surface area contributed by atoms with Crippen LogP contribution in [0.25, 0.3) is 10.9 Å². The number of oxime groups is 1. The molecular formula is C12H11FN2O. The molecule has 0 atom stereocenters. The van der Waals surface area contributed by atoms with Crippen LogP contribution in [-0.4, -0.2) is 15.9 Å². The molecule has 1 heterocycles. The lowest BCUT2D eigenvalue weighted by Gasteiger charge is -2.06. The minimum Gasteiger partial charge on any atom is -0.411 e. The summed E-state index contributed by atoms with van der Waals surface area (Å²) in [7, 11) is 0. The van der Waals surface area contributed by atoms with Gasteiger partial charge >= 0.3 is 0 Å². The van der Waals surface area contributed by atoms with Crippen molar-refractivity contribution in [1.82, 2.24) is 4.98 Å². The summed E-state index contributed by atoms with van der Waals surface area (Å²) in [5.74, 6) is -0.322. The van der Waals surface area contributed by atoms with Gasteiger partial charge in [0.15, 0.2) is 0 Å². The molecule has 16 heavy (non-hydrogen) atoms. The molecule has 82 valence electrons. The van der Waals surface area contributed by atoms with Gasteiger partial charge in [0.25, 0.3) is 0 Å². The number of rotatable bonds is 1. The standard InChI is InChI=1S/C12H11FN2O/c1-7-9(8(2)15-16)6-10-11(13)4-3-5-12(10)14-7/h3-6,16H,1-2H3/b15-8+. The summed E-state index contributed by atoms with van der Waals surface area (Å²) in [6.07, 6.45) is 0. The summed E-state index contributed by atoms with van der Waals surface area (Å²) in [5, 5.41) is 12.3. The van der Waals surface area contributed by atoms with Gasteiger partial charge in [-0.05, 0) is 32.0 Å². The largest absolute Gasteiger partial charge is 0.411 e. The van der Waals surface area contributed by atoms with Gasteiger partial charge in [0.2, 0.25) is 0 Å². The maximum Gasteiger partial charge on any atom is 0.132 e. The molecule has 0 unspecified atom stereocenters. The predicted octanol–water partition coefficient (Wildman–Crippen LogP) is 2.88. The first-order valence-corrected chi connectivity index (χ1v) is 4.88. The number of fused-ring (bicyclic) bond motifs is 1. The van der Waals surface area contributed by atoms with Crippen LogP contribution in [-0.2, 0) is 0 Å². The molecule has 0 aliphatic heterocycles. The Labute approximate surface area is 92.2 Å². The molecule has 1 aromatic heterocycles. The summed E-state index contributed by atoms with van der Waals surface area (Å²) in [4.78, 5) is 4.27. The lowest BCUT2D eigenvalue weighted by Crippen LogP contribution is -2.01. The molecule has 0 saturated carbocycles. The molecule has 1 aromatic carbocycles. The number of benzene rings is 1. The van der Waals surface area contributed by atoms with E-state index in [1.165, 1.54) is 6.07 Å². The minimum atomic E-state index is -0.322. The van der Waals surface area contributed by atoms with E-state index in [9.17, 15) is 4.39 Å². The van der Waals surface area contributed by atoms with E-state index in [0.717, 1.165) is 0 Å². The number of halogens is 1. The van der Waals surface area contributed by atoms with Crippen molar-refractivity contribution in [2.75, 3.05) is 0 Å². The number of aromatic nitrogens is 1. The maximum atomic E-state index is 13.5. The minimum absolute atomic E-state index is 0.322. The van der Waals surface area contributed by atoms with Gasteiger partial charge < -0.3 is 5.21 Å². The first-order valence-electron chi connectivity index (χ1n) is 4.88. The third-order valence-corrected chi connectivity index (χ3v) is 2.54. The van der Waals surface area contributed by atoms with E-state index in [-0.39, 0.29) is 5.82 Å². The van der Waals surface area contributed by atoms with Gasteiger partial charge in [0.1, 0.15) is 5.82 Å². The highest BCUT2D eigenvalue weighted by Crippen LogP contribution is 2.19. The number of hydrogen-bond donors (Lipinski definition) is 1. The summed E-state index contributed by atoms with van der Waals surface area (Å²) in [6, 6.07) is 6.41. The van der Waals surface area contributed by atoms with Crippen molar-refractivity contribution < 1.29 is 9.60 Å². The van der Waals surface area contributed by atoms with E-state index < -0.39 is 0 Å². The number of pyridine rings is 1. The summed E-state index contributed by atoms with van der Waals surface area (Å²) in [6.45, 7) is 3.45. The molecule has 2 rings (SSSR count). The SMILES string of the molecule is C/C(=N\O)c1cc2c(F)cccc2nc1C. The van der Waals surface area contributed by atoms with Crippen molar-refractivity contribution >= 4 is 16.6 Å². The number of aryl methyl sites for hydroxylation is 1. The quantitative estimate of drug-likeness (QED) is 0.454. The van der Waals surface area contributed by atoms with Crippen molar-refractivity contribution in [3.63, 3.8) is 0 Å². The lowest BCUT2D eigenvalue weighted by atomic mass is 10.1. The average Bonchev–Trinajstić information content (AvgIpc) is 2.28. The molecule has 0 fully saturated rings. The van der Waals surface area contributed by atoms with E-state index in [2.05, 4.69) is 10.1 Å². The van der Waals surface area contributed by atoms with Crippen molar-refractivity contribution in [3.05, 3.63) is 41.3 Å². The number of hydrogen-bond acceptors (Lipinski definition) is 3. The first kappa shape index (κ1) is 10.5. The Morgan fingerprint density at radius 3 is 2.88 bits per heavy atom. The normalized spacial score (nSPS) is 12.1. The van der Waals surface area contributed by atoms with Crippen LogP contribution >= 0.6 is 0 Å². The second-order valence-electron chi connectivity index (χ2n) is 3.61. The van der Waals surface area contributed by atoms with Crippen molar-refractivity contribution in [2.24, 2.45) is 5.16 Å². The Bertz CT molecular complexity index is 578. The molecule has 0 spiro atoms. The monoisotopic (exact) mass is 218 g/mol. The summed E-state index contributed by atoms with van der Waals surface area (Å²) in [5.41, 5.74) is 2.40. The Morgan fingerprint density at radius 1 is 1.44 bits per heavy atom. The molecule has 3 nitrogen and oxygen atoms in total. The molecule has 0 radical (unpaired) electrons. The Morgan fingerprint density at radius 2 is 2.19 bits per heavy atom. The van der Waals surface area contributed by atoms with Gasteiger partial charge in [0.05, 0.1) is 11.2 Å². The zero-order valence-electron chi connectivity index (χ0n) is 9.03. The van der Waals surface area contributed by atoms with Crippen LogP contribution < -0.4 is 0 Å². The van der Waals surface area contributed by atoms with Gasteiger partial charge in [-0.2, -0.15) is 0 Å². The van der Waals surface area contributed by atoms with Gasteiger partial charge in [0, 0.05) is 16.6 Å². The topological polar surface area (TPSA) is 45.5 Å². The van der Waals surface area contributed by atoms with Crippen LogP contribution in [0.4, 0.5) is 4.39 Å². The maximum absolute atomic E-state index is 13.5. The Hall–Kier alpha value is -1.97. The predicted molar refractivity (Wildman–Crippen MR) is 60.4 cm³/mol. The third-order valence-electron chi connectivity index (χ3n) is 2.54. The Balaban J connectivity index is 2.79. The fraction of sp³-hybridized carbons (Fsp3) is 0.167. The average molecular weight is 218 g/mol. The van der Waals surface area contributed by atoms with Gasteiger partial charge in [-0.25, -0.2) is 4.39 Å². The zero-order chi connectivity index (χ0) is 11.7. The molecule has 0 bridgehead atoms. The number of nitrogens with zero attached hydrogens (tertiary/aromatic N) is 2. The van der Waals surface area contributed by atoms with Crippen LogP contribution in [0.15, 0.2) is 29.4 Å². The highest BCUT2D eigenvalue weighted by Gasteiger charge is 2.08. The fourth-order valence-corrected chi connectivity index (χ4v) is 1.68. The van der Waals surface area contributed by atoms with E-state index in [1.807, 2.05) is 0 Å². The van der Waals surface area contributed by atoms with Crippen molar-refractivity contribution in [1.29, 1.82) is 0 Å². The molecular weight excluding hydrogens is 207 g/mol. The third kappa shape index (κ3) is 1.62. The molecule has 0 aliphatic carbocycles. The van der Waals surface area contributed by atoms with E-state index >= 15 is 0 Å². The van der Waals surface area contributed by atoms with Crippen molar-refractivity contribution in [2.45, 2.75) is 13.8 Å². The zero-order valence-corrected chi connectivity index (χ0v) is 9.03. The fourth-order valence-electron chi connectivity index (χ4n) is 1.68. The summed E-state index contributed by atoms with van der Waals surface area (Å²) >= 11 is 0.